The van der Waals surface area contributed by atoms with Gasteiger partial charge < -0.3 is 64.3 Å². The van der Waals surface area contributed by atoms with Crippen LogP contribution in [0.25, 0.3) is 11.1 Å². The van der Waals surface area contributed by atoms with E-state index in [-0.39, 0.29) is 116 Å². The first kappa shape index (κ1) is 79.4. The summed E-state index contributed by atoms with van der Waals surface area (Å²) >= 11 is 0. The molecule has 9 rings (SSSR count). The molecule has 1 saturated heterocycles. The molecule has 0 bridgehead atoms. The molecule has 1 aliphatic heterocycles. The van der Waals surface area contributed by atoms with E-state index >= 15 is 0 Å². The molecule has 1 unspecified atom stereocenters. The van der Waals surface area contributed by atoms with E-state index in [4.69, 9.17) is 37.9 Å². The molecule has 2 aromatic carbocycles. The van der Waals surface area contributed by atoms with E-state index in [0.717, 1.165) is 54.2 Å². The molecule has 6 aromatic rings. The Labute approximate surface area is 611 Å². The summed E-state index contributed by atoms with van der Waals surface area (Å²) in [5.74, 6) is -1.01. The first-order valence-corrected chi connectivity index (χ1v) is 42.6. The lowest BCUT2D eigenvalue weighted by molar-refractivity contribution is -0.150. The summed E-state index contributed by atoms with van der Waals surface area (Å²) in [4.78, 5) is 99.5. The van der Waals surface area contributed by atoms with Crippen molar-refractivity contribution in [2.24, 2.45) is 23.2 Å². The number of methoxy groups -OCH3 is 1. The number of amides is 6. The van der Waals surface area contributed by atoms with Gasteiger partial charge in [0.05, 0.1) is 56.5 Å². The maximum atomic E-state index is 14.6. The Balaban J connectivity index is 0.678. The Kier molecular flexibility index (Phi) is 27.0. The fourth-order valence-corrected chi connectivity index (χ4v) is 14.0. The number of aryl methyl sites for hydroxylation is 1. The molecule has 564 valence electrons. The van der Waals surface area contributed by atoms with Crippen LogP contribution in [0.3, 0.4) is 0 Å². The molecule has 2 aliphatic carbocycles. The van der Waals surface area contributed by atoms with Crippen LogP contribution < -0.4 is 36.1 Å². The van der Waals surface area contributed by atoms with Crippen LogP contribution in [0.4, 0.5) is 5.69 Å². The van der Waals surface area contributed by atoms with Crippen molar-refractivity contribution < 1.29 is 66.4 Å². The number of pyridine rings is 1. The lowest BCUT2D eigenvalue weighted by atomic mass is 9.88. The second-order valence-electron chi connectivity index (χ2n) is 31.3. The van der Waals surface area contributed by atoms with Gasteiger partial charge in [-0.05, 0) is 142 Å². The summed E-state index contributed by atoms with van der Waals surface area (Å²) in [7, 11) is -2.40. The van der Waals surface area contributed by atoms with Gasteiger partial charge in [-0.2, -0.15) is 10.2 Å². The zero-order valence-corrected chi connectivity index (χ0v) is 64.8. The summed E-state index contributed by atoms with van der Waals surface area (Å²) in [5, 5.41) is 32.3. The Hall–Kier alpha value is -8.69. The number of likely N-dealkylation sites (tertiary alicyclic amines) is 1. The molecule has 5 N–H and O–H groups in total. The van der Waals surface area contributed by atoms with Crippen LogP contribution >= 0.6 is 0 Å². The average molecular weight is 1470 g/mol. The Morgan fingerprint density at radius 2 is 1.50 bits per heavy atom. The minimum Gasteiger partial charge on any atom is -0.484 e. The van der Waals surface area contributed by atoms with Crippen molar-refractivity contribution in [2.45, 2.75) is 188 Å². The smallest absolute Gasteiger partial charge is 0.328 e. The number of hydrogen-bond acceptors (Lipinski definition) is 19. The molecule has 6 amide bonds. The molecule has 5 heterocycles. The van der Waals surface area contributed by atoms with Gasteiger partial charge in [-0.25, -0.2) is 19.1 Å². The third-order valence-electron chi connectivity index (χ3n) is 19.2. The van der Waals surface area contributed by atoms with Gasteiger partial charge in [0.25, 0.3) is 17.7 Å². The number of anilines is 1. The Morgan fingerprint density at radius 3 is 2.16 bits per heavy atom. The number of nitrogens with zero attached hydrogens (tertiary/aromatic N) is 9. The molecular weight excluding hydrogens is 1370 g/mol. The van der Waals surface area contributed by atoms with Crippen LogP contribution in [0, 0.1) is 37.0 Å². The molecule has 0 spiro atoms. The van der Waals surface area contributed by atoms with E-state index in [1.807, 2.05) is 42.8 Å². The largest absolute Gasteiger partial charge is 0.484 e. The van der Waals surface area contributed by atoms with Gasteiger partial charge in [-0.3, -0.25) is 33.4 Å². The van der Waals surface area contributed by atoms with Gasteiger partial charge >= 0.3 is 5.97 Å². The van der Waals surface area contributed by atoms with Crippen LogP contribution in [0.15, 0.2) is 85.3 Å². The molecule has 3 fully saturated rings. The highest BCUT2D eigenvalue weighted by Crippen LogP contribution is 2.51. The molecule has 0 radical (unpaired) electrons. The zero-order valence-electron chi connectivity index (χ0n) is 62.8. The molecule has 28 nitrogen and oxygen atoms in total. The van der Waals surface area contributed by atoms with Crippen molar-refractivity contribution in [1.82, 2.24) is 65.7 Å². The lowest BCUT2D eigenvalue weighted by Gasteiger charge is -2.39. The number of carbonyl (C=O) groups is 7. The number of esters is 1. The number of hydrogen-bond donors (Lipinski definition) is 5. The maximum absolute atomic E-state index is 14.6. The van der Waals surface area contributed by atoms with E-state index in [9.17, 15) is 33.6 Å². The molecular formula is C74H106N14O14Si2. The number of ether oxygens (including phenoxy) is 6. The molecule has 3 aliphatic rings. The van der Waals surface area contributed by atoms with E-state index in [2.05, 4.69) is 121 Å². The average Bonchev–Trinajstić information content (AvgIpc) is 1.62. The first-order valence-electron chi connectivity index (χ1n) is 36.0. The van der Waals surface area contributed by atoms with Crippen molar-refractivity contribution in [3.05, 3.63) is 114 Å². The summed E-state index contributed by atoms with van der Waals surface area (Å²) in [6.45, 7) is 29.7. The predicted molar refractivity (Wildman–Crippen MR) is 395 cm³/mol. The van der Waals surface area contributed by atoms with Crippen LogP contribution in [-0.4, -0.2) is 186 Å². The van der Waals surface area contributed by atoms with Crippen molar-refractivity contribution >= 4 is 63.5 Å². The minimum absolute atomic E-state index is 0.0163. The third kappa shape index (κ3) is 23.7. The molecule has 2 saturated carbocycles. The van der Waals surface area contributed by atoms with E-state index in [1.165, 1.54) is 30.1 Å². The van der Waals surface area contributed by atoms with Gasteiger partial charge in [0, 0.05) is 82.3 Å². The van der Waals surface area contributed by atoms with Crippen molar-refractivity contribution in [3.63, 3.8) is 0 Å². The lowest BCUT2D eigenvalue weighted by Crippen LogP contribution is -2.56. The zero-order chi connectivity index (χ0) is 75.1. The van der Waals surface area contributed by atoms with Gasteiger partial charge in [0.2, 0.25) is 23.6 Å². The summed E-state index contributed by atoms with van der Waals surface area (Å²) in [6.07, 6.45) is 8.84. The molecule has 4 aromatic heterocycles. The summed E-state index contributed by atoms with van der Waals surface area (Å²) in [6, 6.07) is 18.6. The van der Waals surface area contributed by atoms with Crippen LogP contribution in [0.1, 0.15) is 118 Å². The van der Waals surface area contributed by atoms with Crippen molar-refractivity contribution in [2.75, 3.05) is 65.0 Å². The van der Waals surface area contributed by atoms with Crippen LogP contribution in [-0.2, 0) is 73.8 Å². The molecule has 30 heteroatoms. The standard InChI is InChI=1S/C74H106N14O14Si2/c1-48-66(49(2)88(83-48)47-97-34-35-103(10,11)12)50-22-25-54(26-23-50)79-71(94)68(67(51-18-19-51)52-20-21-52)81-70(93)61-29-31-78-87(61)42-58(102-104(13,14)74(6,7)8)38-76-62(89)43-86-39-55(82-84-86)44-98-46-65(91)85-40-59(41-85)99-33-32-75-63(90)45-100-56-16-15-17-57(36-56)101-64-27-24-53(37-77-64)69(92)80-60(72(95)96-9)28-30-73(3,4)5/h15-17,22-27,29,31,36-37,39,51-52,58-60,67-68H,18-21,28,30,32-35,38,40-47H2,1-14H3,(H,75,90)(H,76,89)(H,79,94)(H,80,92)(H,81,93)/t58?,60-,68-/m0/s1. The highest BCUT2D eigenvalue weighted by molar-refractivity contribution is 6.76. The maximum Gasteiger partial charge on any atom is 0.328 e. The van der Waals surface area contributed by atoms with Crippen molar-refractivity contribution in [1.29, 1.82) is 0 Å². The van der Waals surface area contributed by atoms with E-state index in [1.54, 1.807) is 52.3 Å². The highest BCUT2D eigenvalue weighted by Gasteiger charge is 2.49. The first-order chi connectivity index (χ1) is 49.3. The number of nitrogens with one attached hydrogen (secondary N) is 5. The van der Waals surface area contributed by atoms with Gasteiger partial charge in [-0.1, -0.05) is 84.6 Å². The van der Waals surface area contributed by atoms with Gasteiger partial charge in [0.15, 0.2) is 14.9 Å². The monoisotopic (exact) mass is 1470 g/mol. The second-order valence-corrected chi connectivity index (χ2v) is 41.7. The van der Waals surface area contributed by atoms with Crippen LogP contribution in [0.5, 0.6) is 17.4 Å². The van der Waals surface area contributed by atoms with Gasteiger partial charge in [0.1, 0.15) is 54.9 Å². The SMILES string of the molecule is COC(=O)[C@H](CCC(C)(C)C)NC(=O)c1ccc(Oc2cccc(OCC(=O)NCCOC3CN(C(=O)COCc4cn(CC(=O)NCC(Cn5nccc5C(=O)N[C@H](C(=O)Nc5ccc(-c6c(C)nn(COCC[Si](C)(C)C)c6C)cc5)C(C5CC5)C5CC5)O[Si](C)(C)C(C)(C)C)nn4)C3)c2)nc1. The van der Waals surface area contributed by atoms with Crippen LogP contribution in [0.2, 0.25) is 43.8 Å². The molecule has 104 heavy (non-hydrogen) atoms. The topological polar surface area (TPSA) is 327 Å². The highest BCUT2D eigenvalue weighted by atomic mass is 28.4. The van der Waals surface area contributed by atoms with Gasteiger partial charge in [-0.15, -0.1) is 5.10 Å². The predicted octanol–water partition coefficient (Wildman–Crippen LogP) is 8.87. The Bertz CT molecular complexity index is 3890. The fourth-order valence-electron chi connectivity index (χ4n) is 11.9. The Morgan fingerprint density at radius 1 is 0.779 bits per heavy atom. The van der Waals surface area contributed by atoms with Crippen molar-refractivity contribution in [3.8, 4) is 28.5 Å². The van der Waals surface area contributed by atoms with E-state index < -0.39 is 52.4 Å². The minimum atomic E-state index is -2.46. The number of rotatable bonds is 39. The number of benzene rings is 2. The normalized spacial score (nSPS) is 15.2. The molecule has 3 atom stereocenters. The third-order valence-corrected chi connectivity index (χ3v) is 25.4. The quantitative estimate of drug-likeness (QED) is 0.0137. The van der Waals surface area contributed by atoms with E-state index in [0.29, 0.717) is 74.0 Å². The number of aromatic nitrogens is 8. The summed E-state index contributed by atoms with van der Waals surface area (Å²) < 4.78 is 45.8. The number of carbonyl (C=O) groups excluding carboxylic acids is 7. The second kappa shape index (κ2) is 35.4. The summed E-state index contributed by atoms with van der Waals surface area (Å²) in [5.41, 5.74) is 5.41. The fraction of sp³-hybridized carbons (Fsp3) is 0.568.